The molecule has 154 valence electrons. The molecule has 6 heteroatoms. The summed E-state index contributed by atoms with van der Waals surface area (Å²) in [6, 6.07) is 14.4. The summed E-state index contributed by atoms with van der Waals surface area (Å²) < 4.78 is 18.5. The third-order valence-electron chi connectivity index (χ3n) is 5.30. The molecule has 0 radical (unpaired) electrons. The number of hydrogen-bond donors (Lipinski definition) is 1. The number of amides is 1. The van der Waals surface area contributed by atoms with Gasteiger partial charge in [0.2, 0.25) is 6.41 Å². The Morgan fingerprint density at radius 2 is 1.90 bits per heavy atom. The molecule has 1 atom stereocenters. The van der Waals surface area contributed by atoms with Crippen LogP contribution in [-0.4, -0.2) is 41.0 Å². The van der Waals surface area contributed by atoms with E-state index < -0.39 is 0 Å². The van der Waals surface area contributed by atoms with Crippen molar-refractivity contribution in [3.8, 4) is 0 Å². The molecule has 1 amide bonds. The Kier molecular flexibility index (Phi) is 6.64. The van der Waals surface area contributed by atoms with Crippen LogP contribution in [0.5, 0.6) is 0 Å². The lowest BCUT2D eigenvalue weighted by atomic mass is 9.88. The average molecular weight is 398 g/mol. The van der Waals surface area contributed by atoms with Crippen LogP contribution in [-0.2, 0) is 16.0 Å². The number of benzene rings is 2. The Morgan fingerprint density at radius 3 is 2.52 bits per heavy atom. The molecule has 2 heterocycles. The molecule has 29 heavy (non-hydrogen) atoms. The van der Waals surface area contributed by atoms with Crippen LogP contribution in [0.1, 0.15) is 49.4 Å². The van der Waals surface area contributed by atoms with E-state index in [0.29, 0.717) is 13.2 Å². The third kappa shape index (κ3) is 5.21. The Bertz CT molecular complexity index is 865. The van der Waals surface area contributed by atoms with Gasteiger partial charge in [-0.3, -0.25) is 4.79 Å². The predicted octanol–water partition coefficient (Wildman–Crippen LogP) is 4.34. The molecule has 0 unspecified atom stereocenters. The van der Waals surface area contributed by atoms with E-state index in [1.165, 1.54) is 17.7 Å². The largest absolute Gasteiger partial charge is 0.411 e. The molecule has 2 aliphatic heterocycles. The fourth-order valence-corrected chi connectivity index (χ4v) is 3.88. The molecule has 2 aliphatic rings. The highest BCUT2D eigenvalue weighted by atomic mass is 19.1. The Balaban J connectivity index is 0.000000204. The fraction of sp³-hybridized carbons (Fsp3) is 0.391. The van der Waals surface area contributed by atoms with E-state index in [4.69, 9.17) is 9.94 Å². The monoisotopic (exact) mass is 398 g/mol. The van der Waals surface area contributed by atoms with Crippen LogP contribution in [0.4, 0.5) is 4.39 Å². The Morgan fingerprint density at radius 1 is 1.17 bits per heavy atom. The van der Waals surface area contributed by atoms with Crippen molar-refractivity contribution in [2.24, 2.45) is 5.16 Å². The van der Waals surface area contributed by atoms with Crippen LogP contribution in [0.15, 0.2) is 53.7 Å². The van der Waals surface area contributed by atoms with Gasteiger partial charge in [0.05, 0.1) is 24.0 Å². The van der Waals surface area contributed by atoms with E-state index in [2.05, 4.69) is 11.2 Å². The molecule has 2 aromatic carbocycles. The van der Waals surface area contributed by atoms with Gasteiger partial charge in [-0.15, -0.1) is 0 Å². The van der Waals surface area contributed by atoms with Crippen LogP contribution in [0, 0.1) is 5.82 Å². The summed E-state index contributed by atoms with van der Waals surface area (Å²) in [5, 5.41) is 11.6. The summed E-state index contributed by atoms with van der Waals surface area (Å²) in [6.45, 7) is 5.36. The maximum absolute atomic E-state index is 13.0. The van der Waals surface area contributed by atoms with Gasteiger partial charge in [-0.1, -0.05) is 41.6 Å². The molecule has 0 aliphatic carbocycles. The normalized spacial score (nSPS) is 21.7. The fourth-order valence-electron chi connectivity index (χ4n) is 3.88. The van der Waals surface area contributed by atoms with Gasteiger partial charge in [0.15, 0.2) is 0 Å². The van der Waals surface area contributed by atoms with Gasteiger partial charge in [-0.05, 0) is 49.1 Å². The molecule has 0 saturated carbocycles. The van der Waals surface area contributed by atoms with Gasteiger partial charge in [0.1, 0.15) is 5.82 Å². The maximum Gasteiger partial charge on any atom is 0.210 e. The quantitative estimate of drug-likeness (QED) is 0.465. The van der Waals surface area contributed by atoms with Crippen molar-refractivity contribution in [2.75, 3.05) is 13.2 Å². The Labute approximate surface area is 170 Å². The molecule has 1 N–H and O–H groups in total. The molecular formula is C23H27FN2O3. The highest BCUT2D eigenvalue weighted by Crippen LogP contribution is 2.34. The van der Waals surface area contributed by atoms with Gasteiger partial charge in [0, 0.05) is 19.4 Å². The second-order valence-electron chi connectivity index (χ2n) is 7.95. The molecule has 5 nitrogen and oxygen atoms in total. The lowest BCUT2D eigenvalue weighted by Crippen LogP contribution is -2.34. The van der Waals surface area contributed by atoms with E-state index in [-0.39, 0.29) is 17.5 Å². The zero-order valence-corrected chi connectivity index (χ0v) is 16.8. The van der Waals surface area contributed by atoms with Crippen molar-refractivity contribution in [3.05, 3.63) is 71.0 Å². The topological polar surface area (TPSA) is 62.1 Å². The van der Waals surface area contributed by atoms with E-state index in [1.54, 1.807) is 17.0 Å². The lowest BCUT2D eigenvalue weighted by Gasteiger charge is -2.35. The van der Waals surface area contributed by atoms with Crippen molar-refractivity contribution in [1.29, 1.82) is 0 Å². The van der Waals surface area contributed by atoms with Crippen LogP contribution in [0.2, 0.25) is 0 Å². The first-order valence-electron chi connectivity index (χ1n) is 9.81. The maximum atomic E-state index is 13.0. The van der Waals surface area contributed by atoms with Crippen LogP contribution < -0.4 is 0 Å². The van der Waals surface area contributed by atoms with Gasteiger partial charge >= 0.3 is 0 Å². The molecular weight excluding hydrogens is 371 g/mol. The summed E-state index contributed by atoms with van der Waals surface area (Å²) >= 11 is 0. The van der Waals surface area contributed by atoms with Gasteiger partial charge < -0.3 is 14.8 Å². The number of fused-ring (bicyclic) bond motifs is 1. The number of carbonyl (C=O) groups is 1. The third-order valence-corrected chi connectivity index (χ3v) is 5.30. The molecule has 1 fully saturated rings. The molecule has 0 bridgehead atoms. The number of oxime groups is 1. The SMILES string of the molecule is CC1(C)C/C(=N/O)CCO1.O=CN1CCc2ccccc2[C@@H]1c1ccc(F)cc1. The van der Waals surface area contributed by atoms with Gasteiger partial charge in [-0.2, -0.15) is 0 Å². The number of nitrogens with zero attached hydrogens (tertiary/aromatic N) is 2. The molecule has 0 aromatic heterocycles. The standard InChI is InChI=1S/C16H14FNO.C7H13NO2/c17-14-7-5-13(6-8-14)16-15-4-2-1-3-12(15)9-10-18(16)11-19;1-7(2)5-6(8-9)3-4-10-7/h1-8,11,16H,9-10H2;9H,3-5H2,1-2H3/b;8-6+/t16-;/m0./s1. The molecule has 2 aromatic rings. The van der Waals surface area contributed by atoms with Crippen molar-refractivity contribution >= 4 is 12.1 Å². The minimum atomic E-state index is -0.259. The van der Waals surface area contributed by atoms with Crippen molar-refractivity contribution in [3.63, 3.8) is 0 Å². The second-order valence-corrected chi connectivity index (χ2v) is 7.95. The number of hydrogen-bond acceptors (Lipinski definition) is 4. The van der Waals surface area contributed by atoms with E-state index >= 15 is 0 Å². The summed E-state index contributed by atoms with van der Waals surface area (Å²) in [5.74, 6) is -0.259. The molecule has 4 rings (SSSR count). The minimum Gasteiger partial charge on any atom is -0.411 e. The van der Waals surface area contributed by atoms with Gasteiger partial charge in [0.25, 0.3) is 0 Å². The highest BCUT2D eigenvalue weighted by Gasteiger charge is 2.27. The van der Waals surface area contributed by atoms with Crippen LogP contribution in [0.3, 0.4) is 0 Å². The summed E-state index contributed by atoms with van der Waals surface area (Å²) in [7, 11) is 0. The number of rotatable bonds is 2. The van der Waals surface area contributed by atoms with E-state index in [0.717, 1.165) is 42.5 Å². The molecule has 1 saturated heterocycles. The zero-order valence-electron chi connectivity index (χ0n) is 16.8. The van der Waals surface area contributed by atoms with Crippen molar-refractivity contribution < 1.29 is 19.1 Å². The smallest absolute Gasteiger partial charge is 0.210 e. The van der Waals surface area contributed by atoms with Crippen molar-refractivity contribution in [2.45, 2.75) is 44.8 Å². The first-order chi connectivity index (χ1) is 13.9. The Hall–Kier alpha value is -2.73. The predicted molar refractivity (Wildman–Crippen MR) is 110 cm³/mol. The summed E-state index contributed by atoms with van der Waals surface area (Å²) in [6.07, 6.45) is 3.25. The lowest BCUT2D eigenvalue weighted by molar-refractivity contribution is -0.119. The van der Waals surface area contributed by atoms with Gasteiger partial charge in [-0.25, -0.2) is 4.39 Å². The first-order valence-corrected chi connectivity index (χ1v) is 9.81. The van der Waals surface area contributed by atoms with E-state index in [1.807, 2.05) is 32.0 Å². The van der Waals surface area contributed by atoms with E-state index in [9.17, 15) is 9.18 Å². The highest BCUT2D eigenvalue weighted by molar-refractivity contribution is 5.85. The van der Waals surface area contributed by atoms with Crippen molar-refractivity contribution in [1.82, 2.24) is 4.90 Å². The number of carbonyl (C=O) groups excluding carboxylic acids is 1. The second kappa shape index (κ2) is 9.18. The first kappa shape index (κ1) is 21.0. The minimum absolute atomic E-state index is 0.108. The van der Waals surface area contributed by atoms with Crippen LogP contribution in [0.25, 0.3) is 0 Å². The average Bonchev–Trinajstić information content (AvgIpc) is 2.73. The zero-order chi connectivity index (χ0) is 20.9. The van der Waals surface area contributed by atoms with Crippen LogP contribution >= 0.6 is 0 Å². The summed E-state index contributed by atoms with van der Waals surface area (Å²) in [5.41, 5.74) is 4.04. The number of halogens is 1. The number of ether oxygens (including phenoxy) is 1. The summed E-state index contributed by atoms with van der Waals surface area (Å²) in [4.78, 5) is 13.0. The molecule has 0 spiro atoms.